The number of hydrogen-bond donors (Lipinski definition) is 1. The normalized spacial score (nSPS) is 14.2. The van der Waals surface area contributed by atoms with Gasteiger partial charge in [-0.05, 0) is 30.7 Å². The maximum Gasteiger partial charge on any atom is 0.229 e. The Morgan fingerprint density at radius 3 is 2.95 bits per heavy atom. The Balaban J connectivity index is 1.55. The first kappa shape index (κ1) is 13.6. The van der Waals surface area contributed by atoms with E-state index in [-0.39, 0.29) is 11.8 Å². The lowest BCUT2D eigenvalue weighted by molar-refractivity contribution is -0.117. The third-order valence-corrected chi connectivity index (χ3v) is 5.18. The fourth-order valence-electron chi connectivity index (χ4n) is 2.00. The maximum atomic E-state index is 11.7. The highest BCUT2D eigenvalue weighted by Gasteiger charge is 2.30. The molecule has 1 aliphatic rings. The number of rotatable bonds is 4. The van der Waals surface area contributed by atoms with Gasteiger partial charge in [-0.15, -0.1) is 10.2 Å². The number of carbonyl (C=O) groups excluding carboxylic acids is 1. The SMILES string of the molecule is O=C(Nc1nnc(Sc2ncnc3ccccc23)s1)C1CC1. The molecule has 1 N–H and O–H groups in total. The third kappa shape index (κ3) is 2.79. The summed E-state index contributed by atoms with van der Waals surface area (Å²) in [6.45, 7) is 0. The van der Waals surface area contributed by atoms with Gasteiger partial charge in [0.2, 0.25) is 11.0 Å². The van der Waals surface area contributed by atoms with Crippen molar-refractivity contribution in [2.75, 3.05) is 5.32 Å². The Bertz CT molecular complexity index is 841. The lowest BCUT2D eigenvalue weighted by Crippen LogP contribution is -2.12. The number of para-hydroxylation sites is 1. The Kier molecular flexibility index (Phi) is 3.47. The van der Waals surface area contributed by atoms with Gasteiger partial charge in [-0.2, -0.15) is 0 Å². The minimum Gasteiger partial charge on any atom is -0.300 e. The quantitative estimate of drug-likeness (QED) is 0.585. The van der Waals surface area contributed by atoms with Crippen LogP contribution >= 0.6 is 23.1 Å². The van der Waals surface area contributed by atoms with Crippen LogP contribution in [0.2, 0.25) is 0 Å². The number of aromatic nitrogens is 4. The van der Waals surface area contributed by atoms with E-state index in [1.807, 2.05) is 24.3 Å². The van der Waals surface area contributed by atoms with E-state index in [1.165, 1.54) is 23.1 Å². The van der Waals surface area contributed by atoms with Gasteiger partial charge in [-0.1, -0.05) is 29.5 Å². The van der Waals surface area contributed by atoms with Crippen LogP contribution in [0.4, 0.5) is 5.13 Å². The van der Waals surface area contributed by atoms with Crippen LogP contribution in [-0.2, 0) is 4.79 Å². The number of nitrogens with zero attached hydrogens (tertiary/aromatic N) is 4. The number of fused-ring (bicyclic) bond motifs is 1. The highest BCUT2D eigenvalue weighted by atomic mass is 32.2. The zero-order valence-corrected chi connectivity index (χ0v) is 13.0. The monoisotopic (exact) mass is 329 g/mol. The second kappa shape index (κ2) is 5.62. The summed E-state index contributed by atoms with van der Waals surface area (Å²) in [4.78, 5) is 20.3. The summed E-state index contributed by atoms with van der Waals surface area (Å²) in [6, 6.07) is 7.83. The van der Waals surface area contributed by atoms with Crippen molar-refractivity contribution in [1.29, 1.82) is 0 Å². The van der Waals surface area contributed by atoms with Crippen molar-refractivity contribution in [2.45, 2.75) is 22.2 Å². The van der Waals surface area contributed by atoms with Crippen molar-refractivity contribution in [3.05, 3.63) is 30.6 Å². The fourth-order valence-corrected chi connectivity index (χ4v) is 3.75. The molecule has 2 heterocycles. The van der Waals surface area contributed by atoms with Crippen molar-refractivity contribution in [1.82, 2.24) is 20.2 Å². The number of hydrogen-bond acceptors (Lipinski definition) is 7. The molecule has 8 heteroatoms. The smallest absolute Gasteiger partial charge is 0.229 e. The van der Waals surface area contributed by atoms with Gasteiger partial charge in [0.05, 0.1) is 5.52 Å². The van der Waals surface area contributed by atoms with E-state index < -0.39 is 0 Å². The van der Waals surface area contributed by atoms with Crippen molar-refractivity contribution in [2.24, 2.45) is 5.92 Å². The summed E-state index contributed by atoms with van der Waals surface area (Å²) in [7, 11) is 0. The van der Waals surface area contributed by atoms with Gasteiger partial charge < -0.3 is 5.32 Å². The molecule has 0 saturated heterocycles. The van der Waals surface area contributed by atoms with Crippen molar-refractivity contribution < 1.29 is 4.79 Å². The van der Waals surface area contributed by atoms with Gasteiger partial charge in [0.15, 0.2) is 4.34 Å². The van der Waals surface area contributed by atoms with Crippen LogP contribution in [0.5, 0.6) is 0 Å². The molecule has 110 valence electrons. The molecule has 6 nitrogen and oxygen atoms in total. The molecule has 1 amide bonds. The summed E-state index contributed by atoms with van der Waals surface area (Å²) < 4.78 is 0.745. The van der Waals surface area contributed by atoms with E-state index in [1.54, 1.807) is 6.33 Å². The fraction of sp³-hybridized carbons (Fsp3) is 0.214. The number of benzene rings is 1. The molecule has 0 radical (unpaired) electrons. The van der Waals surface area contributed by atoms with Crippen LogP contribution < -0.4 is 5.32 Å². The molecule has 0 aliphatic heterocycles. The minimum absolute atomic E-state index is 0.0418. The molecule has 0 unspecified atom stereocenters. The van der Waals surface area contributed by atoms with Crippen molar-refractivity contribution in [3.8, 4) is 0 Å². The van der Waals surface area contributed by atoms with Crippen molar-refractivity contribution >= 4 is 45.0 Å². The van der Waals surface area contributed by atoms with Crippen LogP contribution in [0.25, 0.3) is 10.9 Å². The molecule has 1 aromatic carbocycles. The zero-order valence-electron chi connectivity index (χ0n) is 11.4. The van der Waals surface area contributed by atoms with E-state index in [2.05, 4.69) is 25.5 Å². The first-order valence-corrected chi connectivity index (χ1v) is 8.45. The average molecular weight is 329 g/mol. The molecule has 1 aliphatic carbocycles. The number of nitrogens with one attached hydrogen (secondary N) is 1. The van der Waals surface area contributed by atoms with Crippen LogP contribution in [0.3, 0.4) is 0 Å². The lowest BCUT2D eigenvalue weighted by atomic mass is 10.2. The first-order chi connectivity index (χ1) is 10.8. The molecular formula is C14H11N5OS2. The van der Waals surface area contributed by atoms with Crippen LogP contribution in [0.1, 0.15) is 12.8 Å². The van der Waals surface area contributed by atoms with E-state index in [0.29, 0.717) is 5.13 Å². The summed E-state index contributed by atoms with van der Waals surface area (Å²) in [6.07, 6.45) is 3.49. The van der Waals surface area contributed by atoms with Gasteiger partial charge in [0.25, 0.3) is 0 Å². The maximum absolute atomic E-state index is 11.7. The highest BCUT2D eigenvalue weighted by Crippen LogP contribution is 2.35. The zero-order chi connectivity index (χ0) is 14.9. The molecule has 4 rings (SSSR count). The highest BCUT2D eigenvalue weighted by molar-refractivity contribution is 8.01. The number of anilines is 1. The van der Waals surface area contributed by atoms with Crippen LogP contribution in [-0.4, -0.2) is 26.1 Å². The van der Waals surface area contributed by atoms with Gasteiger partial charge in [-0.25, -0.2) is 9.97 Å². The Hall–Kier alpha value is -2.06. The van der Waals surface area contributed by atoms with E-state index in [4.69, 9.17) is 0 Å². The summed E-state index contributed by atoms with van der Waals surface area (Å²) in [5.74, 6) is 0.200. The van der Waals surface area contributed by atoms with Crippen molar-refractivity contribution in [3.63, 3.8) is 0 Å². The molecule has 0 bridgehead atoms. The molecule has 22 heavy (non-hydrogen) atoms. The summed E-state index contributed by atoms with van der Waals surface area (Å²) in [5.41, 5.74) is 0.895. The van der Waals surface area contributed by atoms with Gasteiger partial charge in [0.1, 0.15) is 11.4 Å². The molecule has 0 atom stereocenters. The predicted molar refractivity (Wildman–Crippen MR) is 84.9 cm³/mol. The van der Waals surface area contributed by atoms with Crippen LogP contribution in [0.15, 0.2) is 40.0 Å². The topological polar surface area (TPSA) is 80.7 Å². The van der Waals surface area contributed by atoms with E-state index in [0.717, 1.165) is 33.1 Å². The van der Waals surface area contributed by atoms with Gasteiger partial charge in [0, 0.05) is 11.3 Å². The largest absolute Gasteiger partial charge is 0.300 e. The second-order valence-electron chi connectivity index (χ2n) is 4.93. The number of amides is 1. The Labute approximate surface area is 134 Å². The number of carbonyl (C=O) groups is 1. The molecule has 3 aromatic rings. The predicted octanol–water partition coefficient (Wildman–Crippen LogP) is 2.98. The first-order valence-electron chi connectivity index (χ1n) is 6.81. The molecular weight excluding hydrogens is 318 g/mol. The Morgan fingerprint density at radius 2 is 2.09 bits per heavy atom. The molecule has 1 saturated carbocycles. The minimum atomic E-state index is 0.0418. The summed E-state index contributed by atoms with van der Waals surface area (Å²) in [5, 5.41) is 13.3. The molecule has 0 spiro atoms. The molecule has 2 aromatic heterocycles. The summed E-state index contributed by atoms with van der Waals surface area (Å²) >= 11 is 2.79. The van der Waals surface area contributed by atoms with Gasteiger partial charge in [-0.3, -0.25) is 4.79 Å². The lowest BCUT2D eigenvalue weighted by Gasteiger charge is -2.01. The van der Waals surface area contributed by atoms with E-state index >= 15 is 0 Å². The average Bonchev–Trinajstić information content (AvgIpc) is 3.30. The third-order valence-electron chi connectivity index (χ3n) is 3.27. The van der Waals surface area contributed by atoms with E-state index in [9.17, 15) is 4.79 Å². The van der Waals surface area contributed by atoms with Crippen LogP contribution in [0, 0.1) is 5.92 Å². The van der Waals surface area contributed by atoms with Gasteiger partial charge >= 0.3 is 0 Å². The molecule has 1 fully saturated rings. The Morgan fingerprint density at radius 1 is 1.23 bits per heavy atom. The standard InChI is InChI=1S/C14H11N5OS2/c20-11(8-5-6-8)17-13-18-19-14(22-13)21-12-9-3-1-2-4-10(9)15-7-16-12/h1-4,7-8H,5-6H2,(H,17,18,20). The second-order valence-corrected chi connectivity index (χ2v) is 7.15.